The molecule has 5 nitrogen and oxygen atoms in total. The van der Waals surface area contributed by atoms with Gasteiger partial charge in [0.05, 0.1) is 10.9 Å². The summed E-state index contributed by atoms with van der Waals surface area (Å²) in [6.45, 7) is 9.99. The van der Waals surface area contributed by atoms with Crippen molar-refractivity contribution in [3.63, 3.8) is 0 Å². The second kappa shape index (κ2) is 8.94. The predicted octanol–water partition coefficient (Wildman–Crippen LogP) is 5.21. The molecule has 0 aromatic heterocycles. The highest BCUT2D eigenvalue weighted by molar-refractivity contribution is 7.92. The van der Waals surface area contributed by atoms with E-state index in [1.165, 1.54) is 11.1 Å². The van der Waals surface area contributed by atoms with Crippen LogP contribution in [0.1, 0.15) is 51.1 Å². The molecule has 2 N–H and O–H groups in total. The van der Waals surface area contributed by atoms with Crippen LogP contribution in [-0.4, -0.2) is 14.3 Å². The molecule has 0 saturated carbocycles. The first kappa shape index (κ1) is 22.6. The van der Waals surface area contributed by atoms with Crippen molar-refractivity contribution in [3.05, 3.63) is 94.0 Å². The minimum atomic E-state index is -3.73. The molecule has 3 aromatic rings. The zero-order valence-corrected chi connectivity index (χ0v) is 19.3. The molecule has 0 heterocycles. The number of sulfonamides is 1. The summed E-state index contributed by atoms with van der Waals surface area (Å²) in [5, 5.41) is 3.01. The van der Waals surface area contributed by atoms with Gasteiger partial charge in [-0.1, -0.05) is 35.9 Å². The van der Waals surface area contributed by atoms with Crippen LogP contribution in [0.25, 0.3) is 0 Å². The number of carbonyl (C=O) groups is 1. The molecular weight excluding hydrogens is 408 g/mol. The van der Waals surface area contributed by atoms with Gasteiger partial charge in [0.1, 0.15) is 0 Å². The van der Waals surface area contributed by atoms with Gasteiger partial charge < -0.3 is 5.32 Å². The molecule has 0 aliphatic heterocycles. The van der Waals surface area contributed by atoms with Gasteiger partial charge in [0, 0.05) is 11.3 Å². The topological polar surface area (TPSA) is 75.3 Å². The van der Waals surface area contributed by atoms with Crippen molar-refractivity contribution in [1.82, 2.24) is 5.32 Å². The van der Waals surface area contributed by atoms with E-state index < -0.39 is 10.0 Å². The Bertz CT molecular complexity index is 1220. The number of amides is 1. The van der Waals surface area contributed by atoms with Crippen molar-refractivity contribution in [2.24, 2.45) is 0 Å². The maximum atomic E-state index is 12.8. The van der Waals surface area contributed by atoms with Gasteiger partial charge in [0.15, 0.2) is 0 Å². The first-order valence-corrected chi connectivity index (χ1v) is 11.6. The van der Waals surface area contributed by atoms with Crippen LogP contribution in [0.3, 0.4) is 0 Å². The Hall–Kier alpha value is -3.12. The molecule has 3 aromatic carbocycles. The number of benzene rings is 3. The first-order chi connectivity index (χ1) is 14.6. The molecule has 0 radical (unpaired) electrons. The van der Waals surface area contributed by atoms with E-state index in [1.54, 1.807) is 48.5 Å². The Labute approximate surface area is 184 Å². The Morgan fingerprint density at radius 2 is 1.48 bits per heavy atom. The Kier molecular flexibility index (Phi) is 6.51. The second-order valence-electron chi connectivity index (χ2n) is 7.99. The predicted molar refractivity (Wildman–Crippen MR) is 125 cm³/mol. The summed E-state index contributed by atoms with van der Waals surface area (Å²) in [5.41, 5.74) is 6.28. The molecule has 0 aliphatic rings. The maximum absolute atomic E-state index is 12.8. The minimum Gasteiger partial charge on any atom is -0.346 e. The van der Waals surface area contributed by atoms with Crippen LogP contribution in [0, 0.1) is 27.7 Å². The van der Waals surface area contributed by atoms with Crippen molar-refractivity contribution in [1.29, 1.82) is 0 Å². The summed E-state index contributed by atoms with van der Waals surface area (Å²) in [4.78, 5) is 13.0. The summed E-state index contributed by atoms with van der Waals surface area (Å²) in [6.07, 6.45) is 0. The lowest BCUT2D eigenvalue weighted by Crippen LogP contribution is -2.27. The third kappa shape index (κ3) is 5.33. The number of nitrogens with one attached hydrogen (secondary N) is 2. The van der Waals surface area contributed by atoms with Gasteiger partial charge >= 0.3 is 0 Å². The Balaban J connectivity index is 1.77. The fourth-order valence-corrected chi connectivity index (χ4v) is 4.51. The van der Waals surface area contributed by atoms with Crippen molar-refractivity contribution < 1.29 is 13.2 Å². The molecule has 1 amide bonds. The third-order valence-corrected chi connectivity index (χ3v) is 6.80. The van der Waals surface area contributed by atoms with Crippen molar-refractivity contribution in [3.8, 4) is 0 Å². The van der Waals surface area contributed by atoms with E-state index >= 15 is 0 Å². The number of aryl methyl sites for hydroxylation is 4. The fourth-order valence-electron chi connectivity index (χ4n) is 3.46. The molecule has 162 valence electrons. The van der Waals surface area contributed by atoms with E-state index in [9.17, 15) is 13.2 Å². The summed E-state index contributed by atoms with van der Waals surface area (Å²) < 4.78 is 27.8. The van der Waals surface area contributed by atoms with Gasteiger partial charge in [0.25, 0.3) is 15.9 Å². The van der Waals surface area contributed by atoms with E-state index in [-0.39, 0.29) is 16.8 Å². The molecule has 31 heavy (non-hydrogen) atoms. The molecule has 0 aliphatic carbocycles. The van der Waals surface area contributed by atoms with Crippen LogP contribution < -0.4 is 10.0 Å². The number of anilines is 1. The lowest BCUT2D eigenvalue weighted by Gasteiger charge is -2.19. The van der Waals surface area contributed by atoms with Crippen LogP contribution in [0.2, 0.25) is 0 Å². The fraction of sp³-hybridized carbons (Fsp3) is 0.240. The van der Waals surface area contributed by atoms with E-state index in [4.69, 9.17) is 0 Å². The standard InChI is InChI=1S/C25H28N2O3S/c1-16-9-11-23(12-10-16)31(29,30)27-22-8-6-7-21(15-22)25(28)26-20(5)24-14-18(3)17(2)13-19(24)4/h6-15,20,27H,1-5H3,(H,26,28)/t20-/m1/s1. The maximum Gasteiger partial charge on any atom is 0.261 e. The SMILES string of the molecule is Cc1ccc(S(=O)(=O)Nc2cccc(C(=O)N[C@H](C)c3cc(C)c(C)cc3C)c2)cc1. The number of hydrogen-bond acceptors (Lipinski definition) is 3. The molecular formula is C25H28N2O3S. The smallest absolute Gasteiger partial charge is 0.261 e. The highest BCUT2D eigenvalue weighted by atomic mass is 32.2. The average Bonchev–Trinajstić information content (AvgIpc) is 2.70. The van der Waals surface area contributed by atoms with E-state index in [0.29, 0.717) is 11.3 Å². The summed E-state index contributed by atoms with van der Waals surface area (Å²) in [6, 6.07) is 17.1. The van der Waals surface area contributed by atoms with Crippen molar-refractivity contribution in [2.75, 3.05) is 4.72 Å². The van der Waals surface area contributed by atoms with Crippen molar-refractivity contribution in [2.45, 2.75) is 45.6 Å². The number of carbonyl (C=O) groups excluding carboxylic acids is 1. The molecule has 3 rings (SSSR count). The Morgan fingerprint density at radius 3 is 2.16 bits per heavy atom. The van der Waals surface area contributed by atoms with E-state index in [0.717, 1.165) is 16.7 Å². The highest BCUT2D eigenvalue weighted by Crippen LogP contribution is 2.23. The zero-order chi connectivity index (χ0) is 22.8. The van der Waals surface area contributed by atoms with Crippen LogP contribution >= 0.6 is 0 Å². The average molecular weight is 437 g/mol. The molecule has 6 heteroatoms. The minimum absolute atomic E-state index is 0.173. The van der Waals surface area contributed by atoms with Crippen LogP contribution in [0.15, 0.2) is 65.6 Å². The highest BCUT2D eigenvalue weighted by Gasteiger charge is 2.17. The summed E-state index contributed by atoms with van der Waals surface area (Å²) >= 11 is 0. The van der Waals surface area contributed by atoms with Crippen LogP contribution in [-0.2, 0) is 10.0 Å². The molecule has 0 unspecified atom stereocenters. The van der Waals surface area contributed by atoms with Gasteiger partial charge in [-0.25, -0.2) is 8.42 Å². The van der Waals surface area contributed by atoms with Gasteiger partial charge in [-0.2, -0.15) is 0 Å². The molecule has 1 atom stereocenters. The quantitative estimate of drug-likeness (QED) is 0.557. The van der Waals surface area contributed by atoms with Gasteiger partial charge in [0.2, 0.25) is 0 Å². The normalized spacial score (nSPS) is 12.3. The molecule has 0 fully saturated rings. The van der Waals surface area contributed by atoms with E-state index in [1.807, 2.05) is 20.8 Å². The van der Waals surface area contributed by atoms with Gasteiger partial charge in [-0.05, 0) is 87.2 Å². The second-order valence-corrected chi connectivity index (χ2v) is 9.67. The van der Waals surface area contributed by atoms with E-state index in [2.05, 4.69) is 36.0 Å². The number of rotatable bonds is 6. The van der Waals surface area contributed by atoms with Crippen molar-refractivity contribution >= 4 is 21.6 Å². The Morgan fingerprint density at radius 1 is 0.839 bits per heavy atom. The molecule has 0 bridgehead atoms. The number of hydrogen-bond donors (Lipinski definition) is 2. The van der Waals surface area contributed by atoms with Crippen LogP contribution in [0.5, 0.6) is 0 Å². The summed E-state index contributed by atoms with van der Waals surface area (Å²) in [7, 11) is -3.73. The molecule has 0 spiro atoms. The summed E-state index contributed by atoms with van der Waals surface area (Å²) in [5.74, 6) is -0.262. The lowest BCUT2D eigenvalue weighted by atomic mass is 9.96. The lowest BCUT2D eigenvalue weighted by molar-refractivity contribution is 0.0940. The third-order valence-electron chi connectivity index (χ3n) is 5.40. The van der Waals surface area contributed by atoms with Crippen LogP contribution in [0.4, 0.5) is 5.69 Å². The zero-order valence-electron chi connectivity index (χ0n) is 18.5. The first-order valence-electron chi connectivity index (χ1n) is 10.1. The largest absolute Gasteiger partial charge is 0.346 e. The van der Waals surface area contributed by atoms with Gasteiger partial charge in [-0.15, -0.1) is 0 Å². The van der Waals surface area contributed by atoms with Gasteiger partial charge in [-0.3, -0.25) is 9.52 Å². The monoisotopic (exact) mass is 436 g/mol. The molecule has 0 saturated heterocycles.